The summed E-state index contributed by atoms with van der Waals surface area (Å²) in [6.45, 7) is 9.10. The van der Waals surface area contributed by atoms with E-state index in [2.05, 4.69) is 20.4 Å². The molecule has 2 rings (SSSR count). The predicted octanol–water partition coefficient (Wildman–Crippen LogP) is 5.23. The van der Waals surface area contributed by atoms with Crippen molar-refractivity contribution in [1.82, 2.24) is 0 Å². The third-order valence-corrected chi connectivity index (χ3v) is 8.37. The fraction of sp³-hybridized carbons (Fsp3) is 0.636. The van der Waals surface area contributed by atoms with Crippen molar-refractivity contribution in [2.75, 3.05) is 25.2 Å². The maximum absolute atomic E-state index is 10.2. The summed E-state index contributed by atoms with van der Waals surface area (Å²) in [5.41, 5.74) is 1.13. The Morgan fingerprint density at radius 1 is 1.22 bits per heavy atom. The van der Waals surface area contributed by atoms with Gasteiger partial charge in [-0.05, 0) is 53.9 Å². The first-order valence-corrected chi connectivity index (χ1v) is 11.9. The summed E-state index contributed by atoms with van der Waals surface area (Å²) in [5, 5.41) is 10.2. The number of thioether (sulfide) groups is 2. The van der Waals surface area contributed by atoms with Gasteiger partial charge in [-0.15, -0.1) is 30.1 Å². The van der Waals surface area contributed by atoms with E-state index in [1.165, 1.54) is 17.9 Å². The molecule has 4 atom stereocenters. The molecule has 1 N–H and O–H groups in total. The molecule has 0 radical (unpaired) electrons. The largest absolute Gasteiger partial charge is 0.497 e. The number of ether oxygens (including phenoxy) is 2. The lowest BCUT2D eigenvalue weighted by molar-refractivity contribution is -0.0459. The van der Waals surface area contributed by atoms with Crippen molar-refractivity contribution in [3.8, 4) is 5.75 Å². The first-order valence-electron chi connectivity index (χ1n) is 9.80. The quantitative estimate of drug-likeness (QED) is 0.506. The zero-order valence-corrected chi connectivity index (χ0v) is 18.4. The molecular weight excluding hydrogens is 376 g/mol. The SMILES string of the molecule is C=C[C@@H](C)C[C@@H](C)[C@@H](OCc1ccc(OC)cc1)[C@H](CO)C1SCCCS1. The zero-order valence-electron chi connectivity index (χ0n) is 16.8. The molecule has 1 aromatic carbocycles. The Morgan fingerprint density at radius 3 is 2.44 bits per heavy atom. The van der Waals surface area contributed by atoms with Gasteiger partial charge >= 0.3 is 0 Å². The fourth-order valence-corrected chi connectivity index (χ4v) is 6.75. The van der Waals surface area contributed by atoms with Gasteiger partial charge in [0.25, 0.3) is 0 Å². The molecule has 0 unspecified atom stereocenters. The molecule has 27 heavy (non-hydrogen) atoms. The maximum atomic E-state index is 10.2. The highest BCUT2D eigenvalue weighted by atomic mass is 32.2. The van der Waals surface area contributed by atoms with E-state index in [-0.39, 0.29) is 18.6 Å². The molecule has 1 heterocycles. The molecule has 0 aliphatic carbocycles. The average molecular weight is 411 g/mol. The minimum absolute atomic E-state index is 0.0302. The number of rotatable bonds is 11. The van der Waals surface area contributed by atoms with E-state index in [1.807, 2.05) is 53.9 Å². The highest BCUT2D eigenvalue weighted by Gasteiger charge is 2.35. The van der Waals surface area contributed by atoms with Crippen molar-refractivity contribution in [3.63, 3.8) is 0 Å². The van der Waals surface area contributed by atoms with Gasteiger partial charge in [0.2, 0.25) is 0 Å². The molecule has 5 heteroatoms. The van der Waals surface area contributed by atoms with E-state index >= 15 is 0 Å². The number of allylic oxidation sites excluding steroid dienone is 1. The van der Waals surface area contributed by atoms with Crippen molar-refractivity contribution in [3.05, 3.63) is 42.5 Å². The van der Waals surface area contributed by atoms with Gasteiger partial charge in [0.15, 0.2) is 0 Å². The van der Waals surface area contributed by atoms with Crippen molar-refractivity contribution < 1.29 is 14.6 Å². The van der Waals surface area contributed by atoms with Crippen LogP contribution >= 0.6 is 23.5 Å². The van der Waals surface area contributed by atoms with Crippen LogP contribution in [0.4, 0.5) is 0 Å². The lowest BCUT2D eigenvalue weighted by Crippen LogP contribution is -2.39. The Labute approximate surface area is 173 Å². The molecule has 0 saturated carbocycles. The zero-order chi connectivity index (χ0) is 19.6. The topological polar surface area (TPSA) is 38.7 Å². The molecule has 0 amide bonds. The van der Waals surface area contributed by atoms with Crippen LogP contribution in [-0.4, -0.2) is 41.0 Å². The minimum Gasteiger partial charge on any atom is -0.497 e. The Morgan fingerprint density at radius 2 is 1.89 bits per heavy atom. The minimum atomic E-state index is 0.0302. The number of methoxy groups -OCH3 is 1. The number of aliphatic hydroxyl groups excluding tert-OH is 1. The van der Waals surface area contributed by atoms with Crippen molar-refractivity contribution in [1.29, 1.82) is 0 Å². The normalized spacial score (nSPS) is 19.9. The molecule has 1 fully saturated rings. The van der Waals surface area contributed by atoms with Crippen LogP contribution in [-0.2, 0) is 11.3 Å². The van der Waals surface area contributed by atoms with E-state index < -0.39 is 0 Å². The summed E-state index contributed by atoms with van der Waals surface area (Å²) in [6.07, 6.45) is 4.32. The standard InChI is InChI=1S/C22H34O3S2/c1-5-16(2)13-17(3)21(20(14-23)22-26-11-6-12-27-22)25-15-18-7-9-19(24-4)10-8-18/h5,7-10,16-17,20-23H,1,6,11-15H2,2-4H3/t16-,17-,20+,21-/m1/s1. The second-order valence-corrected chi connectivity index (χ2v) is 10.2. The van der Waals surface area contributed by atoms with Crippen molar-refractivity contribution in [2.45, 2.75) is 44.0 Å². The average Bonchev–Trinajstić information content (AvgIpc) is 2.71. The number of aliphatic hydroxyl groups is 1. The molecule has 0 spiro atoms. The van der Waals surface area contributed by atoms with Crippen LogP contribution in [0.5, 0.6) is 5.75 Å². The summed E-state index contributed by atoms with van der Waals surface area (Å²) >= 11 is 3.96. The highest BCUT2D eigenvalue weighted by Crippen LogP contribution is 2.40. The fourth-order valence-electron chi connectivity index (χ4n) is 3.54. The monoisotopic (exact) mass is 410 g/mol. The lowest BCUT2D eigenvalue weighted by atomic mass is 9.86. The Hall–Kier alpha value is -0.620. The smallest absolute Gasteiger partial charge is 0.118 e. The summed E-state index contributed by atoms with van der Waals surface area (Å²) in [4.78, 5) is 0. The van der Waals surface area contributed by atoms with Gasteiger partial charge in [-0.2, -0.15) is 0 Å². The number of hydrogen-bond acceptors (Lipinski definition) is 5. The van der Waals surface area contributed by atoms with Gasteiger partial charge in [0.1, 0.15) is 5.75 Å². The maximum Gasteiger partial charge on any atom is 0.118 e. The molecule has 1 aromatic rings. The Balaban J connectivity index is 2.09. The molecule has 0 aromatic heterocycles. The van der Waals surface area contributed by atoms with E-state index in [0.29, 0.717) is 23.0 Å². The van der Waals surface area contributed by atoms with Crippen molar-refractivity contribution in [2.24, 2.45) is 17.8 Å². The van der Waals surface area contributed by atoms with Crippen LogP contribution in [0.3, 0.4) is 0 Å². The van der Waals surface area contributed by atoms with Crippen LogP contribution in [0, 0.1) is 17.8 Å². The first-order chi connectivity index (χ1) is 13.1. The van der Waals surface area contributed by atoms with Crippen LogP contribution in [0.2, 0.25) is 0 Å². The van der Waals surface area contributed by atoms with Gasteiger partial charge in [0, 0.05) is 5.92 Å². The molecule has 1 aliphatic heterocycles. The molecule has 1 saturated heterocycles. The first kappa shape index (κ1) is 22.7. The molecule has 1 aliphatic rings. The predicted molar refractivity (Wildman–Crippen MR) is 119 cm³/mol. The van der Waals surface area contributed by atoms with Crippen LogP contribution < -0.4 is 4.74 Å². The van der Waals surface area contributed by atoms with Gasteiger partial charge in [-0.25, -0.2) is 0 Å². The van der Waals surface area contributed by atoms with Gasteiger partial charge in [-0.1, -0.05) is 32.1 Å². The van der Waals surface area contributed by atoms with Crippen LogP contribution in [0.1, 0.15) is 32.3 Å². The molecule has 0 bridgehead atoms. The second-order valence-electron chi connectivity index (χ2n) is 7.36. The van der Waals surface area contributed by atoms with E-state index in [9.17, 15) is 5.11 Å². The van der Waals surface area contributed by atoms with Gasteiger partial charge < -0.3 is 14.6 Å². The third kappa shape index (κ3) is 7.04. The summed E-state index contributed by atoms with van der Waals surface area (Å²) < 4.78 is 12.1. The third-order valence-electron chi connectivity index (χ3n) is 5.14. The summed E-state index contributed by atoms with van der Waals surface area (Å²) in [6, 6.07) is 8.02. The second kappa shape index (κ2) is 12.1. The number of benzene rings is 1. The number of hydrogen-bond donors (Lipinski definition) is 1. The Bertz CT molecular complexity index is 543. The molecule has 3 nitrogen and oxygen atoms in total. The Kier molecular flexibility index (Phi) is 10.1. The van der Waals surface area contributed by atoms with Crippen LogP contribution in [0.15, 0.2) is 36.9 Å². The lowest BCUT2D eigenvalue weighted by Gasteiger charge is -2.37. The van der Waals surface area contributed by atoms with Crippen molar-refractivity contribution >= 4 is 23.5 Å². The molecular formula is C22H34O3S2. The van der Waals surface area contributed by atoms with E-state index in [0.717, 1.165) is 17.7 Å². The molecule has 152 valence electrons. The van der Waals surface area contributed by atoms with E-state index in [1.54, 1.807) is 7.11 Å². The van der Waals surface area contributed by atoms with E-state index in [4.69, 9.17) is 9.47 Å². The van der Waals surface area contributed by atoms with Gasteiger partial charge in [-0.3, -0.25) is 0 Å². The summed E-state index contributed by atoms with van der Waals surface area (Å²) in [7, 11) is 1.68. The van der Waals surface area contributed by atoms with Gasteiger partial charge in [0.05, 0.1) is 31.0 Å². The van der Waals surface area contributed by atoms with Crippen LogP contribution in [0.25, 0.3) is 0 Å². The summed E-state index contributed by atoms with van der Waals surface area (Å²) in [5.74, 6) is 4.15. The highest BCUT2D eigenvalue weighted by molar-refractivity contribution is 8.17.